The minimum Gasteiger partial charge on any atom is -0.408 e. The van der Waals surface area contributed by atoms with Crippen molar-refractivity contribution in [2.45, 2.75) is 52.0 Å². The zero-order chi connectivity index (χ0) is 25.8. The Morgan fingerprint density at radius 1 is 1.11 bits per heavy atom. The molecule has 3 aromatic heterocycles. The van der Waals surface area contributed by atoms with Gasteiger partial charge >= 0.3 is 5.76 Å². The monoisotopic (exact) mass is 506 g/mol. The molecule has 3 aliphatic rings. The van der Waals surface area contributed by atoms with Gasteiger partial charge in [0.2, 0.25) is 0 Å². The molecule has 192 valence electrons. The Kier molecular flexibility index (Phi) is 5.39. The van der Waals surface area contributed by atoms with E-state index < -0.39 is 23.4 Å². The van der Waals surface area contributed by atoms with Crippen molar-refractivity contribution in [3.05, 3.63) is 63.8 Å². The number of fused-ring (bicyclic) bond motifs is 5. The first kappa shape index (κ1) is 23.4. The third kappa shape index (κ3) is 4.28. The van der Waals surface area contributed by atoms with Gasteiger partial charge in [-0.3, -0.25) is 14.6 Å². The van der Waals surface area contributed by atoms with Crippen LogP contribution < -0.4 is 16.4 Å². The normalized spacial score (nSPS) is 23.0. The summed E-state index contributed by atoms with van der Waals surface area (Å²) >= 11 is 0. The minimum absolute atomic E-state index is 0.0456. The first-order chi connectivity index (χ1) is 17.7. The minimum atomic E-state index is -0.726. The van der Waals surface area contributed by atoms with Gasteiger partial charge in [0.1, 0.15) is 11.4 Å². The number of benzene rings is 1. The summed E-state index contributed by atoms with van der Waals surface area (Å²) in [5.74, 6) is -2.29. The van der Waals surface area contributed by atoms with Crippen molar-refractivity contribution in [1.82, 2.24) is 30.2 Å². The van der Waals surface area contributed by atoms with Crippen molar-refractivity contribution in [2.75, 3.05) is 6.54 Å². The number of nitrogens with zero attached hydrogens (tertiary/aromatic N) is 3. The van der Waals surface area contributed by atoms with Gasteiger partial charge < -0.3 is 15.1 Å². The maximum atomic E-state index is 14.4. The second-order valence-corrected chi connectivity index (χ2v) is 10.8. The van der Waals surface area contributed by atoms with Gasteiger partial charge in [0.05, 0.1) is 11.7 Å². The third-order valence-electron chi connectivity index (χ3n) is 8.23. The maximum Gasteiger partial charge on any atom is 0.417 e. The lowest BCUT2D eigenvalue weighted by molar-refractivity contribution is 0.00434. The summed E-state index contributed by atoms with van der Waals surface area (Å²) in [6.45, 7) is 3.01. The summed E-state index contributed by atoms with van der Waals surface area (Å²) in [6.07, 6.45) is 7.72. The molecule has 0 atom stereocenters. The molecule has 0 radical (unpaired) electrons. The number of hydrogen-bond donors (Lipinski definition) is 3. The van der Waals surface area contributed by atoms with Gasteiger partial charge in [-0.15, -0.1) is 0 Å². The maximum absolute atomic E-state index is 14.4. The highest BCUT2D eigenvalue weighted by Gasteiger charge is 2.46. The van der Waals surface area contributed by atoms with Crippen LogP contribution in [0.2, 0.25) is 0 Å². The van der Waals surface area contributed by atoms with Crippen molar-refractivity contribution in [3.8, 4) is 0 Å². The van der Waals surface area contributed by atoms with Gasteiger partial charge in [0, 0.05) is 19.2 Å². The number of halogens is 1. The topological polar surface area (TPSA) is 134 Å². The molecular formula is C26H27FN6O4. The Bertz CT molecular complexity index is 1580. The van der Waals surface area contributed by atoms with Crippen LogP contribution in [0.1, 0.15) is 72.0 Å². The van der Waals surface area contributed by atoms with Crippen LogP contribution in [-0.4, -0.2) is 37.9 Å². The summed E-state index contributed by atoms with van der Waals surface area (Å²) in [4.78, 5) is 44.2. The van der Waals surface area contributed by atoms with E-state index in [2.05, 4.69) is 32.6 Å². The molecule has 3 fully saturated rings. The molecule has 2 bridgehead atoms. The van der Waals surface area contributed by atoms with Gasteiger partial charge in [-0.25, -0.2) is 18.7 Å². The van der Waals surface area contributed by atoms with Crippen LogP contribution in [0.5, 0.6) is 0 Å². The molecule has 0 saturated heterocycles. The van der Waals surface area contributed by atoms with E-state index in [-0.39, 0.29) is 29.0 Å². The van der Waals surface area contributed by atoms with Crippen LogP contribution >= 0.6 is 0 Å². The first-order valence-electron chi connectivity index (χ1n) is 12.5. The third-order valence-corrected chi connectivity index (χ3v) is 8.23. The summed E-state index contributed by atoms with van der Waals surface area (Å²) in [6, 6.07) is 6.36. The van der Waals surface area contributed by atoms with Gasteiger partial charge in [-0.05, 0) is 67.1 Å². The largest absolute Gasteiger partial charge is 0.417 e. The van der Waals surface area contributed by atoms with Gasteiger partial charge in [-0.1, -0.05) is 13.0 Å². The quantitative estimate of drug-likeness (QED) is 0.367. The summed E-state index contributed by atoms with van der Waals surface area (Å²) < 4.78 is 20.5. The van der Waals surface area contributed by atoms with Crippen LogP contribution in [0.4, 0.5) is 4.39 Å². The number of nitrogens with one attached hydrogen (secondary N) is 3. The number of aromatic nitrogens is 4. The number of aromatic amines is 1. The van der Waals surface area contributed by atoms with Crippen molar-refractivity contribution in [3.63, 3.8) is 0 Å². The Hall–Kier alpha value is -4.02. The molecule has 11 heteroatoms. The predicted octanol–water partition coefficient (Wildman–Crippen LogP) is 3.32. The standard InChI is InChI=1S/C26H27FN6O4/c1-25-4-7-26(8-5-25,9-6-25)14-29-23(35)19-11-18(31-21-16(27)13-30-33(19)21)22(34)28-12-15-2-3-20-17(10-15)32-24(36)37-20/h2-3,10-11,13H,4-9,12,14H2,1H3,(H,28,34)(H,29,35)(H,32,36). The van der Waals surface area contributed by atoms with Gasteiger partial charge in [0.15, 0.2) is 17.0 Å². The zero-order valence-electron chi connectivity index (χ0n) is 20.4. The second kappa shape index (κ2) is 8.53. The highest BCUT2D eigenvalue weighted by Crippen LogP contribution is 2.56. The van der Waals surface area contributed by atoms with E-state index in [1.165, 1.54) is 25.3 Å². The predicted molar refractivity (Wildman–Crippen MR) is 132 cm³/mol. The number of hydrogen-bond acceptors (Lipinski definition) is 6. The number of amides is 2. The van der Waals surface area contributed by atoms with E-state index in [1.807, 2.05) is 0 Å². The van der Waals surface area contributed by atoms with E-state index >= 15 is 0 Å². The van der Waals surface area contributed by atoms with Crippen LogP contribution in [0.25, 0.3) is 16.7 Å². The van der Waals surface area contributed by atoms with Crippen molar-refractivity contribution in [1.29, 1.82) is 0 Å². The summed E-state index contributed by atoms with van der Waals surface area (Å²) in [5.41, 5.74) is 1.91. The number of oxazole rings is 1. The lowest BCUT2D eigenvalue weighted by Gasteiger charge is -2.52. The number of rotatable bonds is 6. The average Bonchev–Trinajstić information content (AvgIpc) is 3.47. The number of H-pyrrole nitrogens is 1. The average molecular weight is 507 g/mol. The molecule has 3 N–H and O–H groups in total. The molecule has 10 nitrogen and oxygen atoms in total. The van der Waals surface area contributed by atoms with Crippen LogP contribution in [0.3, 0.4) is 0 Å². The highest BCUT2D eigenvalue weighted by atomic mass is 19.1. The molecule has 7 rings (SSSR count). The van der Waals surface area contributed by atoms with E-state index in [0.717, 1.165) is 30.0 Å². The fraction of sp³-hybridized carbons (Fsp3) is 0.423. The zero-order valence-corrected chi connectivity index (χ0v) is 20.4. The summed E-state index contributed by atoms with van der Waals surface area (Å²) in [7, 11) is 0. The van der Waals surface area contributed by atoms with Gasteiger partial charge in [0.25, 0.3) is 11.8 Å². The Morgan fingerprint density at radius 3 is 2.62 bits per heavy atom. The first-order valence-corrected chi connectivity index (χ1v) is 12.5. The molecular weight excluding hydrogens is 479 g/mol. The molecule has 1 aromatic carbocycles. The molecule has 0 spiro atoms. The van der Waals surface area contributed by atoms with Gasteiger partial charge in [-0.2, -0.15) is 5.10 Å². The van der Waals surface area contributed by atoms with Crippen LogP contribution in [0, 0.1) is 16.6 Å². The molecule has 0 aliphatic heterocycles. The second-order valence-electron chi connectivity index (χ2n) is 10.8. The lowest BCUT2D eigenvalue weighted by Crippen LogP contribution is -2.46. The van der Waals surface area contributed by atoms with Crippen molar-refractivity contribution >= 4 is 28.6 Å². The molecule has 3 heterocycles. The molecule has 37 heavy (non-hydrogen) atoms. The molecule has 2 amide bonds. The van der Waals surface area contributed by atoms with E-state index in [1.54, 1.807) is 18.2 Å². The fourth-order valence-electron chi connectivity index (χ4n) is 5.67. The molecule has 4 aromatic rings. The Labute approximate surface area is 210 Å². The SMILES string of the molecule is CC12CCC(CNC(=O)c3cc(C(=O)NCc4ccc5oc(=O)[nH]c5c4)nc4c(F)cnn34)(CC1)CC2. The van der Waals surface area contributed by atoms with Crippen molar-refractivity contribution in [2.24, 2.45) is 10.8 Å². The number of carbonyl (C=O) groups is 2. The van der Waals surface area contributed by atoms with E-state index in [4.69, 9.17) is 4.42 Å². The summed E-state index contributed by atoms with van der Waals surface area (Å²) in [5, 5.41) is 9.71. The molecule has 3 saturated carbocycles. The van der Waals surface area contributed by atoms with Crippen LogP contribution in [-0.2, 0) is 6.54 Å². The smallest absolute Gasteiger partial charge is 0.408 e. The van der Waals surface area contributed by atoms with Crippen molar-refractivity contribution < 1.29 is 18.4 Å². The Balaban J connectivity index is 1.20. The lowest BCUT2D eigenvalue weighted by atomic mass is 9.54. The van der Waals surface area contributed by atoms with E-state index in [0.29, 0.717) is 28.6 Å². The molecule has 3 aliphatic carbocycles. The fourth-order valence-corrected chi connectivity index (χ4v) is 5.67. The van der Waals surface area contributed by atoms with Crippen LogP contribution in [0.15, 0.2) is 39.7 Å². The number of carbonyl (C=O) groups excluding carboxylic acids is 2. The highest BCUT2D eigenvalue weighted by molar-refractivity contribution is 5.98. The Morgan fingerprint density at radius 2 is 1.86 bits per heavy atom. The molecule has 0 unspecified atom stereocenters. The van der Waals surface area contributed by atoms with E-state index in [9.17, 15) is 18.8 Å².